The summed E-state index contributed by atoms with van der Waals surface area (Å²) >= 11 is 0. The average molecular weight is 253 g/mol. The lowest BCUT2D eigenvalue weighted by Gasteiger charge is -2.13. The standard InChI is InChI=1S/C17H16FN/c1-19(2)14-9-7-12(8-10-14)16-11-13-5-3-4-6-15(13)17(16)18/h3-10H,11H2,1-2H3. The van der Waals surface area contributed by atoms with E-state index < -0.39 is 0 Å². The van der Waals surface area contributed by atoms with Gasteiger partial charge in [0.15, 0.2) is 0 Å². The number of anilines is 1. The first-order valence-corrected chi connectivity index (χ1v) is 6.41. The van der Waals surface area contributed by atoms with E-state index in [1.54, 1.807) is 0 Å². The van der Waals surface area contributed by atoms with Gasteiger partial charge in [0.1, 0.15) is 5.83 Å². The molecule has 0 saturated heterocycles. The molecular weight excluding hydrogens is 237 g/mol. The molecule has 1 aliphatic rings. The molecule has 0 radical (unpaired) electrons. The van der Waals surface area contributed by atoms with Crippen LogP contribution in [0.4, 0.5) is 10.1 Å². The molecule has 2 heteroatoms. The molecule has 0 heterocycles. The lowest BCUT2D eigenvalue weighted by molar-refractivity contribution is 0.765. The van der Waals surface area contributed by atoms with E-state index in [-0.39, 0.29) is 5.83 Å². The van der Waals surface area contributed by atoms with Gasteiger partial charge in [0, 0.05) is 37.3 Å². The molecule has 2 aromatic carbocycles. The Hall–Kier alpha value is -2.09. The van der Waals surface area contributed by atoms with E-state index >= 15 is 0 Å². The molecule has 96 valence electrons. The molecule has 0 atom stereocenters. The van der Waals surface area contributed by atoms with Crippen LogP contribution in [0, 0.1) is 0 Å². The van der Waals surface area contributed by atoms with Gasteiger partial charge < -0.3 is 4.90 Å². The highest BCUT2D eigenvalue weighted by Gasteiger charge is 2.22. The summed E-state index contributed by atoms with van der Waals surface area (Å²) in [4.78, 5) is 2.04. The SMILES string of the molecule is CN(C)c1ccc(C2=C(F)c3ccccc3C2)cc1. The Morgan fingerprint density at radius 2 is 1.63 bits per heavy atom. The molecule has 0 unspecified atom stereocenters. The van der Waals surface area contributed by atoms with Crippen LogP contribution in [0.5, 0.6) is 0 Å². The molecule has 2 aromatic rings. The van der Waals surface area contributed by atoms with Gasteiger partial charge in [-0.1, -0.05) is 36.4 Å². The predicted molar refractivity (Wildman–Crippen MR) is 78.8 cm³/mol. The monoisotopic (exact) mass is 253 g/mol. The minimum absolute atomic E-state index is 0.0757. The molecule has 0 amide bonds. The summed E-state index contributed by atoms with van der Waals surface area (Å²) < 4.78 is 14.4. The fourth-order valence-corrected chi connectivity index (χ4v) is 2.51. The Labute approximate surface area is 113 Å². The van der Waals surface area contributed by atoms with Crippen LogP contribution in [0.1, 0.15) is 16.7 Å². The minimum atomic E-state index is -0.0757. The van der Waals surface area contributed by atoms with E-state index in [2.05, 4.69) is 0 Å². The van der Waals surface area contributed by atoms with E-state index in [4.69, 9.17) is 0 Å². The summed E-state index contributed by atoms with van der Waals surface area (Å²) in [7, 11) is 4.00. The second-order valence-electron chi connectivity index (χ2n) is 5.07. The maximum atomic E-state index is 14.4. The molecule has 0 saturated carbocycles. The van der Waals surface area contributed by atoms with Crippen LogP contribution < -0.4 is 4.90 Å². The Balaban J connectivity index is 1.98. The molecule has 0 fully saturated rings. The quantitative estimate of drug-likeness (QED) is 0.777. The van der Waals surface area contributed by atoms with Crippen LogP contribution in [-0.4, -0.2) is 14.1 Å². The third-order valence-electron chi connectivity index (χ3n) is 3.62. The summed E-state index contributed by atoms with van der Waals surface area (Å²) in [5, 5.41) is 0. The summed E-state index contributed by atoms with van der Waals surface area (Å²) in [6.45, 7) is 0. The van der Waals surface area contributed by atoms with Crippen molar-refractivity contribution in [2.45, 2.75) is 6.42 Å². The molecule has 0 N–H and O–H groups in total. The second-order valence-corrected chi connectivity index (χ2v) is 5.07. The fraction of sp³-hybridized carbons (Fsp3) is 0.176. The lowest BCUT2D eigenvalue weighted by atomic mass is 10.0. The highest BCUT2D eigenvalue weighted by atomic mass is 19.1. The zero-order chi connectivity index (χ0) is 13.4. The van der Waals surface area contributed by atoms with E-state index in [0.29, 0.717) is 6.42 Å². The van der Waals surface area contributed by atoms with Crippen molar-refractivity contribution in [2.75, 3.05) is 19.0 Å². The minimum Gasteiger partial charge on any atom is -0.378 e. The highest BCUT2D eigenvalue weighted by molar-refractivity contribution is 5.93. The normalized spacial score (nSPS) is 13.6. The first-order valence-electron chi connectivity index (χ1n) is 6.41. The van der Waals surface area contributed by atoms with Crippen molar-refractivity contribution in [2.24, 2.45) is 0 Å². The van der Waals surface area contributed by atoms with Crippen LogP contribution in [0.15, 0.2) is 48.5 Å². The summed E-state index contributed by atoms with van der Waals surface area (Å²) in [5.74, 6) is -0.0757. The summed E-state index contributed by atoms with van der Waals surface area (Å²) in [5.41, 5.74) is 4.71. The maximum Gasteiger partial charge on any atom is 0.134 e. The summed E-state index contributed by atoms with van der Waals surface area (Å²) in [6.07, 6.45) is 0.684. The number of fused-ring (bicyclic) bond motifs is 1. The molecule has 19 heavy (non-hydrogen) atoms. The van der Waals surface area contributed by atoms with Crippen LogP contribution in [0.2, 0.25) is 0 Å². The maximum absolute atomic E-state index is 14.4. The number of nitrogens with zero attached hydrogens (tertiary/aromatic N) is 1. The molecule has 0 aromatic heterocycles. The molecule has 1 nitrogen and oxygen atoms in total. The smallest absolute Gasteiger partial charge is 0.134 e. The zero-order valence-corrected chi connectivity index (χ0v) is 11.2. The van der Waals surface area contributed by atoms with Crippen molar-refractivity contribution in [3.8, 4) is 0 Å². The molecule has 0 aliphatic heterocycles. The van der Waals surface area contributed by atoms with E-state index in [0.717, 1.165) is 28.0 Å². The van der Waals surface area contributed by atoms with E-state index in [9.17, 15) is 4.39 Å². The molecule has 0 bridgehead atoms. The Morgan fingerprint density at radius 1 is 0.947 bits per heavy atom. The Kier molecular flexibility index (Phi) is 2.86. The van der Waals surface area contributed by atoms with Gasteiger partial charge in [-0.25, -0.2) is 4.39 Å². The molecule has 3 rings (SSSR count). The van der Waals surface area contributed by atoms with Gasteiger partial charge in [-0.2, -0.15) is 0 Å². The molecular formula is C17H16FN. The predicted octanol–water partition coefficient (Wildman–Crippen LogP) is 4.15. The van der Waals surface area contributed by atoms with Gasteiger partial charge in [0.05, 0.1) is 0 Å². The van der Waals surface area contributed by atoms with Crippen molar-refractivity contribution < 1.29 is 4.39 Å². The number of hydrogen-bond donors (Lipinski definition) is 0. The lowest BCUT2D eigenvalue weighted by Crippen LogP contribution is -2.08. The average Bonchev–Trinajstić information content (AvgIpc) is 2.77. The summed E-state index contributed by atoms with van der Waals surface area (Å²) in [6, 6.07) is 15.7. The number of allylic oxidation sites excluding steroid dienone is 1. The topological polar surface area (TPSA) is 3.24 Å². The van der Waals surface area contributed by atoms with Gasteiger partial charge >= 0.3 is 0 Å². The number of halogens is 1. The first kappa shape index (κ1) is 12.0. The molecule has 1 aliphatic carbocycles. The van der Waals surface area contributed by atoms with Crippen LogP contribution >= 0.6 is 0 Å². The van der Waals surface area contributed by atoms with Gasteiger partial charge in [-0.3, -0.25) is 0 Å². The van der Waals surface area contributed by atoms with Crippen LogP contribution in [0.3, 0.4) is 0 Å². The first-order chi connectivity index (χ1) is 9.16. The van der Waals surface area contributed by atoms with Gasteiger partial charge in [0.25, 0.3) is 0 Å². The molecule has 0 spiro atoms. The van der Waals surface area contributed by atoms with Crippen molar-refractivity contribution in [1.29, 1.82) is 0 Å². The van der Waals surface area contributed by atoms with Crippen LogP contribution in [-0.2, 0) is 6.42 Å². The van der Waals surface area contributed by atoms with E-state index in [1.165, 1.54) is 0 Å². The third kappa shape index (κ3) is 2.03. The van der Waals surface area contributed by atoms with Gasteiger partial charge in [-0.15, -0.1) is 0 Å². The van der Waals surface area contributed by atoms with Crippen molar-refractivity contribution in [1.82, 2.24) is 0 Å². The highest BCUT2D eigenvalue weighted by Crippen LogP contribution is 2.39. The third-order valence-corrected chi connectivity index (χ3v) is 3.62. The number of rotatable bonds is 2. The Morgan fingerprint density at radius 3 is 2.26 bits per heavy atom. The fourth-order valence-electron chi connectivity index (χ4n) is 2.51. The van der Waals surface area contributed by atoms with E-state index in [1.807, 2.05) is 67.5 Å². The zero-order valence-electron chi connectivity index (χ0n) is 11.2. The Bertz CT molecular complexity index is 639. The van der Waals surface area contributed by atoms with Crippen molar-refractivity contribution in [3.05, 3.63) is 65.2 Å². The largest absolute Gasteiger partial charge is 0.378 e. The number of hydrogen-bond acceptors (Lipinski definition) is 1. The van der Waals surface area contributed by atoms with Gasteiger partial charge in [-0.05, 0) is 23.3 Å². The van der Waals surface area contributed by atoms with Crippen molar-refractivity contribution in [3.63, 3.8) is 0 Å². The van der Waals surface area contributed by atoms with Crippen molar-refractivity contribution >= 4 is 17.1 Å². The van der Waals surface area contributed by atoms with Gasteiger partial charge in [0.2, 0.25) is 0 Å². The second kappa shape index (κ2) is 4.54. The van der Waals surface area contributed by atoms with Crippen LogP contribution in [0.25, 0.3) is 11.4 Å². The number of benzene rings is 2.